The van der Waals surface area contributed by atoms with Crippen LogP contribution < -0.4 is 15.1 Å². The van der Waals surface area contributed by atoms with Gasteiger partial charge in [0.1, 0.15) is 0 Å². The highest BCUT2D eigenvalue weighted by Gasteiger charge is 2.24. The van der Waals surface area contributed by atoms with Gasteiger partial charge in [0.15, 0.2) is 0 Å². The molecule has 0 aromatic heterocycles. The molecule has 0 saturated carbocycles. The molecule has 2 aromatic rings. The van der Waals surface area contributed by atoms with Crippen LogP contribution in [-0.4, -0.2) is 64.4 Å². The van der Waals surface area contributed by atoms with E-state index in [4.69, 9.17) is 4.74 Å². The van der Waals surface area contributed by atoms with Gasteiger partial charge in [0.2, 0.25) is 0 Å². The second-order valence-corrected chi connectivity index (χ2v) is 9.47. The first-order valence-corrected chi connectivity index (χ1v) is 11.4. The highest BCUT2D eigenvalue weighted by Crippen LogP contribution is 2.49. The van der Waals surface area contributed by atoms with E-state index in [1.54, 1.807) is 0 Å². The van der Waals surface area contributed by atoms with Gasteiger partial charge in [-0.2, -0.15) is 0 Å². The van der Waals surface area contributed by atoms with Crippen LogP contribution in [0.5, 0.6) is 0 Å². The van der Waals surface area contributed by atoms with Crippen LogP contribution >= 0.6 is 11.8 Å². The van der Waals surface area contributed by atoms with Crippen molar-refractivity contribution in [2.45, 2.75) is 23.6 Å². The summed E-state index contributed by atoms with van der Waals surface area (Å²) in [5.74, 6) is 0. The smallest absolute Gasteiger partial charge is 0.0642 e. The fourth-order valence-corrected chi connectivity index (χ4v) is 5.67. The highest BCUT2D eigenvalue weighted by molar-refractivity contribution is 7.99. The molecule has 3 aliphatic heterocycles. The molecule has 3 heterocycles. The van der Waals surface area contributed by atoms with Crippen molar-refractivity contribution in [3.8, 4) is 0 Å². The van der Waals surface area contributed by atoms with Crippen molar-refractivity contribution in [3.63, 3.8) is 0 Å². The van der Waals surface area contributed by atoms with Gasteiger partial charge < -0.3 is 24.8 Å². The van der Waals surface area contributed by atoms with Crippen molar-refractivity contribution < 1.29 is 4.74 Å². The third-order valence-electron chi connectivity index (χ3n) is 6.28. The third kappa shape index (κ3) is 3.69. The zero-order valence-electron chi connectivity index (χ0n) is 17.6. The average Bonchev–Trinajstić information content (AvgIpc) is 2.74. The first kappa shape index (κ1) is 19.1. The molecule has 1 N–H and O–H groups in total. The molecule has 29 heavy (non-hydrogen) atoms. The molecule has 0 spiro atoms. The number of nitrogens with one attached hydrogen (secondary N) is 1. The van der Waals surface area contributed by atoms with Crippen LogP contribution in [0.15, 0.2) is 34.1 Å². The Kier molecular flexibility index (Phi) is 5.10. The van der Waals surface area contributed by atoms with E-state index in [-0.39, 0.29) is 0 Å². The summed E-state index contributed by atoms with van der Waals surface area (Å²) in [6.45, 7) is 12.5. The SMILES string of the molecule is Cc1cc(N2CCOCC2)cc2c1Nc1c(C)cc(N3CCN(C)CC3)cc1S2. The molecule has 0 aliphatic carbocycles. The molecule has 0 radical (unpaired) electrons. The minimum atomic E-state index is 0.817. The number of ether oxygens (including phenoxy) is 1. The maximum absolute atomic E-state index is 5.53. The molecule has 0 unspecified atom stereocenters. The number of benzene rings is 2. The number of nitrogens with zero attached hydrogens (tertiary/aromatic N) is 3. The Labute approximate surface area is 178 Å². The van der Waals surface area contributed by atoms with Crippen LogP contribution in [0.1, 0.15) is 11.1 Å². The van der Waals surface area contributed by atoms with Gasteiger partial charge >= 0.3 is 0 Å². The fraction of sp³-hybridized carbons (Fsp3) is 0.478. The van der Waals surface area contributed by atoms with Gasteiger partial charge in [0.05, 0.1) is 24.6 Å². The second-order valence-electron chi connectivity index (χ2n) is 8.39. The Morgan fingerprint density at radius 2 is 1.28 bits per heavy atom. The minimum Gasteiger partial charge on any atom is -0.378 e. The average molecular weight is 411 g/mol. The van der Waals surface area contributed by atoms with Gasteiger partial charge in [-0.1, -0.05) is 11.8 Å². The van der Waals surface area contributed by atoms with Gasteiger partial charge in [0, 0.05) is 60.4 Å². The number of anilines is 4. The summed E-state index contributed by atoms with van der Waals surface area (Å²) < 4.78 is 5.53. The van der Waals surface area contributed by atoms with Gasteiger partial charge in [-0.25, -0.2) is 0 Å². The number of morpholine rings is 1. The third-order valence-corrected chi connectivity index (χ3v) is 7.37. The lowest BCUT2D eigenvalue weighted by Gasteiger charge is -2.35. The predicted octanol–water partition coefficient (Wildman–Crippen LogP) is 4.10. The normalized spacial score (nSPS) is 19.6. The van der Waals surface area contributed by atoms with E-state index in [0.717, 1.165) is 52.5 Å². The number of hydrogen-bond donors (Lipinski definition) is 1. The molecular formula is C23H30N4OS. The second kappa shape index (κ2) is 7.74. The van der Waals surface area contributed by atoms with Crippen molar-refractivity contribution >= 4 is 34.5 Å². The van der Waals surface area contributed by atoms with Gasteiger partial charge in [-0.3, -0.25) is 0 Å². The lowest BCUT2D eigenvalue weighted by atomic mass is 10.1. The van der Waals surface area contributed by atoms with E-state index in [1.165, 1.54) is 43.7 Å². The van der Waals surface area contributed by atoms with Crippen LogP contribution in [0.3, 0.4) is 0 Å². The number of likely N-dealkylation sites (N-methyl/N-ethyl adjacent to an activating group) is 1. The van der Waals surface area contributed by atoms with Gasteiger partial charge in [-0.05, 0) is 56.3 Å². The van der Waals surface area contributed by atoms with Crippen LogP contribution in [0.25, 0.3) is 0 Å². The largest absolute Gasteiger partial charge is 0.378 e. The maximum Gasteiger partial charge on any atom is 0.0642 e. The molecule has 3 aliphatic rings. The number of rotatable bonds is 2. The van der Waals surface area contributed by atoms with Crippen LogP contribution in [-0.2, 0) is 4.74 Å². The standard InChI is InChI=1S/C23H30N4OS/c1-16-12-18(26-6-4-25(3)5-7-26)14-20-22(16)24-23-17(2)13-19(15-21(23)29-20)27-8-10-28-11-9-27/h12-15,24H,4-11H2,1-3H3. The summed E-state index contributed by atoms with van der Waals surface area (Å²) in [5.41, 5.74) is 7.83. The summed E-state index contributed by atoms with van der Waals surface area (Å²) >= 11 is 1.91. The van der Waals surface area contributed by atoms with Crippen LogP contribution in [0, 0.1) is 13.8 Å². The molecule has 2 aromatic carbocycles. The summed E-state index contributed by atoms with van der Waals surface area (Å²) in [5, 5.41) is 3.75. The van der Waals surface area contributed by atoms with Gasteiger partial charge in [-0.15, -0.1) is 0 Å². The van der Waals surface area contributed by atoms with Crippen molar-refractivity contribution in [1.29, 1.82) is 0 Å². The molecule has 5 nitrogen and oxygen atoms in total. The van der Waals surface area contributed by atoms with E-state index >= 15 is 0 Å². The molecule has 5 rings (SSSR count). The van der Waals surface area contributed by atoms with Crippen molar-refractivity contribution in [1.82, 2.24) is 4.90 Å². The zero-order chi connectivity index (χ0) is 20.0. The summed E-state index contributed by atoms with van der Waals surface area (Å²) in [7, 11) is 2.21. The van der Waals surface area contributed by atoms with E-state index < -0.39 is 0 Å². The first-order valence-electron chi connectivity index (χ1n) is 10.6. The topological polar surface area (TPSA) is 31.0 Å². The van der Waals surface area contributed by atoms with E-state index in [9.17, 15) is 0 Å². The predicted molar refractivity (Wildman–Crippen MR) is 123 cm³/mol. The van der Waals surface area contributed by atoms with Crippen molar-refractivity contribution in [2.24, 2.45) is 0 Å². The molecule has 2 saturated heterocycles. The zero-order valence-corrected chi connectivity index (χ0v) is 18.4. The van der Waals surface area contributed by atoms with E-state index in [0.29, 0.717) is 0 Å². The van der Waals surface area contributed by atoms with Gasteiger partial charge in [0.25, 0.3) is 0 Å². The maximum atomic E-state index is 5.53. The van der Waals surface area contributed by atoms with Crippen LogP contribution in [0.4, 0.5) is 22.7 Å². The monoisotopic (exact) mass is 410 g/mol. The molecule has 0 amide bonds. The van der Waals surface area contributed by atoms with E-state index in [1.807, 2.05) is 11.8 Å². The number of fused-ring (bicyclic) bond motifs is 2. The summed E-state index contributed by atoms with van der Waals surface area (Å²) in [6, 6.07) is 9.40. The Morgan fingerprint density at radius 1 is 0.759 bits per heavy atom. The number of hydrogen-bond acceptors (Lipinski definition) is 6. The van der Waals surface area contributed by atoms with E-state index in [2.05, 4.69) is 65.2 Å². The Bertz CT molecular complexity index is 918. The fourth-order valence-electron chi connectivity index (χ4n) is 4.45. The number of piperazine rings is 1. The molecule has 0 bridgehead atoms. The molecular weight excluding hydrogens is 380 g/mol. The first-order chi connectivity index (χ1) is 14.1. The lowest BCUT2D eigenvalue weighted by molar-refractivity contribution is 0.122. The molecule has 6 heteroatoms. The Morgan fingerprint density at radius 3 is 1.83 bits per heavy atom. The summed E-state index contributed by atoms with van der Waals surface area (Å²) in [6.07, 6.45) is 0. The Hall–Kier alpha value is -1.89. The molecule has 0 atom stereocenters. The quantitative estimate of drug-likeness (QED) is 0.685. The molecule has 154 valence electrons. The molecule has 2 fully saturated rings. The lowest BCUT2D eigenvalue weighted by Crippen LogP contribution is -2.44. The minimum absolute atomic E-state index is 0.817. The van der Waals surface area contributed by atoms with Crippen molar-refractivity contribution in [3.05, 3.63) is 35.4 Å². The highest BCUT2D eigenvalue weighted by atomic mass is 32.2. The van der Waals surface area contributed by atoms with Crippen LogP contribution in [0.2, 0.25) is 0 Å². The summed E-state index contributed by atoms with van der Waals surface area (Å²) in [4.78, 5) is 10.0. The van der Waals surface area contributed by atoms with Crippen molar-refractivity contribution in [2.75, 3.05) is 74.6 Å². The number of aryl methyl sites for hydroxylation is 2. The Balaban J connectivity index is 1.46.